The van der Waals surface area contributed by atoms with E-state index in [0.29, 0.717) is 13.0 Å². The molecule has 1 aromatic rings. The largest absolute Gasteiger partial charge is 0.444 e. The smallest absolute Gasteiger partial charge is 0.410 e. The van der Waals surface area contributed by atoms with Gasteiger partial charge < -0.3 is 9.64 Å². The number of hydrazine groups is 1. The molecule has 0 saturated carbocycles. The van der Waals surface area contributed by atoms with E-state index in [1.54, 1.807) is 4.90 Å². The van der Waals surface area contributed by atoms with Gasteiger partial charge in [0.2, 0.25) is 5.91 Å². The van der Waals surface area contributed by atoms with Crippen LogP contribution in [0.3, 0.4) is 0 Å². The Morgan fingerprint density at radius 3 is 2.45 bits per heavy atom. The van der Waals surface area contributed by atoms with Gasteiger partial charge in [0, 0.05) is 6.54 Å². The molecule has 1 aromatic carbocycles. The van der Waals surface area contributed by atoms with Crippen molar-refractivity contribution in [2.24, 2.45) is 11.8 Å². The van der Waals surface area contributed by atoms with Gasteiger partial charge in [-0.1, -0.05) is 30.3 Å². The average Bonchev–Trinajstić information content (AvgIpc) is 2.91. The molecule has 22 heavy (non-hydrogen) atoms. The van der Waals surface area contributed by atoms with Crippen molar-refractivity contribution < 1.29 is 14.3 Å². The number of carbonyl (C=O) groups is 2. The van der Waals surface area contributed by atoms with Gasteiger partial charge in [-0.05, 0) is 32.8 Å². The molecule has 6 nitrogen and oxygen atoms in total. The Morgan fingerprint density at radius 2 is 1.91 bits per heavy atom. The maximum Gasteiger partial charge on any atom is 0.410 e. The average molecular weight is 305 g/mol. The molecular formula is C16H23N3O3. The Kier molecular flexibility index (Phi) is 4.71. The third-order valence-corrected chi connectivity index (χ3v) is 3.63. The van der Waals surface area contributed by atoms with Crippen molar-refractivity contribution >= 4 is 12.0 Å². The van der Waals surface area contributed by atoms with E-state index in [4.69, 9.17) is 10.6 Å². The van der Waals surface area contributed by atoms with E-state index in [1.807, 2.05) is 51.1 Å². The first-order chi connectivity index (χ1) is 10.3. The molecule has 1 aliphatic rings. The maximum absolute atomic E-state index is 12.4. The highest BCUT2D eigenvalue weighted by Gasteiger charge is 2.40. The number of rotatable bonds is 2. The van der Waals surface area contributed by atoms with Gasteiger partial charge in [0.15, 0.2) is 0 Å². The van der Waals surface area contributed by atoms with Crippen molar-refractivity contribution in [2.45, 2.75) is 38.8 Å². The second kappa shape index (κ2) is 6.36. The number of hydrogen-bond acceptors (Lipinski definition) is 4. The number of nitrogens with two attached hydrogens (primary N) is 1. The van der Waals surface area contributed by atoms with Crippen LogP contribution in [0.15, 0.2) is 30.3 Å². The molecule has 0 aromatic heterocycles. The first-order valence-corrected chi connectivity index (χ1v) is 7.37. The second-order valence-corrected chi connectivity index (χ2v) is 6.50. The summed E-state index contributed by atoms with van der Waals surface area (Å²) in [6.45, 7) is 5.77. The number of benzene rings is 1. The molecule has 120 valence electrons. The standard InChI is InChI=1S/C16H23N3O3/c1-16(2,3)22-15(21)19-10-12(14(20)18-17)9-13(19)11-7-5-4-6-8-11/h4-8,12-13H,9-10,17H2,1-3H3,(H,18,20)/t12-,13+/m1/s1. The van der Waals surface area contributed by atoms with Crippen LogP contribution in [0.5, 0.6) is 0 Å². The lowest BCUT2D eigenvalue weighted by Crippen LogP contribution is -2.39. The van der Waals surface area contributed by atoms with Crippen molar-refractivity contribution in [3.63, 3.8) is 0 Å². The molecule has 0 radical (unpaired) electrons. The number of nitrogens with one attached hydrogen (secondary N) is 1. The first kappa shape index (κ1) is 16.3. The predicted octanol–water partition coefficient (Wildman–Crippen LogP) is 1.97. The SMILES string of the molecule is CC(C)(C)OC(=O)N1C[C@H](C(=O)NN)C[C@H]1c1ccccc1. The van der Waals surface area contributed by atoms with Crippen LogP contribution in [-0.2, 0) is 9.53 Å². The van der Waals surface area contributed by atoms with Crippen LogP contribution >= 0.6 is 0 Å². The summed E-state index contributed by atoms with van der Waals surface area (Å²) in [4.78, 5) is 25.9. The fourth-order valence-corrected chi connectivity index (χ4v) is 2.66. The molecule has 0 unspecified atom stereocenters. The van der Waals surface area contributed by atoms with E-state index in [-0.39, 0.29) is 17.9 Å². The zero-order valence-corrected chi connectivity index (χ0v) is 13.2. The van der Waals surface area contributed by atoms with Gasteiger partial charge in [0.05, 0.1) is 12.0 Å². The van der Waals surface area contributed by atoms with Crippen LogP contribution in [0.4, 0.5) is 4.79 Å². The quantitative estimate of drug-likeness (QED) is 0.497. The van der Waals surface area contributed by atoms with E-state index >= 15 is 0 Å². The van der Waals surface area contributed by atoms with Gasteiger partial charge >= 0.3 is 6.09 Å². The highest BCUT2D eigenvalue weighted by molar-refractivity contribution is 5.80. The van der Waals surface area contributed by atoms with Gasteiger partial charge in [0.25, 0.3) is 0 Å². The van der Waals surface area contributed by atoms with Gasteiger partial charge in [-0.25, -0.2) is 10.6 Å². The molecule has 3 N–H and O–H groups in total. The van der Waals surface area contributed by atoms with Crippen molar-refractivity contribution in [1.82, 2.24) is 10.3 Å². The zero-order valence-electron chi connectivity index (χ0n) is 13.2. The number of hydrogen-bond donors (Lipinski definition) is 2. The second-order valence-electron chi connectivity index (χ2n) is 6.50. The molecule has 6 heteroatoms. The van der Waals surface area contributed by atoms with Crippen molar-refractivity contribution in [3.05, 3.63) is 35.9 Å². The topological polar surface area (TPSA) is 84.7 Å². The van der Waals surface area contributed by atoms with Gasteiger partial charge in [-0.15, -0.1) is 0 Å². The molecule has 1 aliphatic heterocycles. The zero-order chi connectivity index (χ0) is 16.3. The highest BCUT2D eigenvalue weighted by atomic mass is 16.6. The highest BCUT2D eigenvalue weighted by Crippen LogP contribution is 2.36. The van der Waals surface area contributed by atoms with Crippen LogP contribution in [0.1, 0.15) is 38.8 Å². The normalized spacial score (nSPS) is 21.5. The summed E-state index contributed by atoms with van der Waals surface area (Å²) in [5.74, 6) is 4.64. The molecular weight excluding hydrogens is 282 g/mol. The molecule has 1 heterocycles. The monoisotopic (exact) mass is 305 g/mol. The Morgan fingerprint density at radius 1 is 1.27 bits per heavy atom. The van der Waals surface area contributed by atoms with Gasteiger partial charge in [0.1, 0.15) is 5.60 Å². The Hall–Kier alpha value is -2.08. The lowest BCUT2D eigenvalue weighted by atomic mass is 9.99. The van der Waals surface area contributed by atoms with Crippen molar-refractivity contribution in [1.29, 1.82) is 0 Å². The number of amides is 2. The van der Waals surface area contributed by atoms with Crippen molar-refractivity contribution in [3.8, 4) is 0 Å². The lowest BCUT2D eigenvalue weighted by molar-refractivity contribution is -0.124. The number of likely N-dealkylation sites (tertiary alicyclic amines) is 1. The van der Waals surface area contributed by atoms with Crippen molar-refractivity contribution in [2.75, 3.05) is 6.54 Å². The summed E-state index contributed by atoms with van der Waals surface area (Å²) in [6, 6.07) is 9.46. The Bertz CT molecular complexity index is 539. The predicted molar refractivity (Wildman–Crippen MR) is 82.6 cm³/mol. The minimum Gasteiger partial charge on any atom is -0.444 e. The van der Waals surface area contributed by atoms with E-state index in [9.17, 15) is 9.59 Å². The van der Waals surface area contributed by atoms with Crippen LogP contribution in [0.25, 0.3) is 0 Å². The van der Waals surface area contributed by atoms with Crippen LogP contribution in [0.2, 0.25) is 0 Å². The van der Waals surface area contributed by atoms with E-state index in [2.05, 4.69) is 5.43 Å². The van der Waals surface area contributed by atoms with E-state index in [0.717, 1.165) is 5.56 Å². The Labute approximate surface area is 130 Å². The third-order valence-electron chi connectivity index (χ3n) is 3.63. The molecule has 0 bridgehead atoms. The fraction of sp³-hybridized carbons (Fsp3) is 0.500. The van der Waals surface area contributed by atoms with Crippen LogP contribution in [-0.4, -0.2) is 29.0 Å². The molecule has 2 atom stereocenters. The molecule has 0 spiro atoms. The van der Waals surface area contributed by atoms with Gasteiger partial charge in [-0.2, -0.15) is 0 Å². The minimum absolute atomic E-state index is 0.182. The summed E-state index contributed by atoms with van der Waals surface area (Å²) in [5.41, 5.74) is 2.58. The summed E-state index contributed by atoms with van der Waals surface area (Å²) < 4.78 is 5.46. The molecule has 0 aliphatic carbocycles. The van der Waals surface area contributed by atoms with Crippen LogP contribution in [0, 0.1) is 5.92 Å². The lowest BCUT2D eigenvalue weighted by Gasteiger charge is -2.28. The van der Waals surface area contributed by atoms with Gasteiger partial charge in [-0.3, -0.25) is 10.2 Å². The molecule has 2 rings (SSSR count). The van der Waals surface area contributed by atoms with E-state index < -0.39 is 11.7 Å². The summed E-state index contributed by atoms with van der Waals surface area (Å²) >= 11 is 0. The first-order valence-electron chi connectivity index (χ1n) is 7.37. The van der Waals surface area contributed by atoms with E-state index in [1.165, 1.54) is 0 Å². The fourth-order valence-electron chi connectivity index (χ4n) is 2.66. The summed E-state index contributed by atoms with van der Waals surface area (Å²) in [7, 11) is 0. The summed E-state index contributed by atoms with van der Waals surface area (Å²) in [6.07, 6.45) is 0.125. The molecule has 1 fully saturated rings. The Balaban J connectivity index is 2.23. The number of nitrogens with zero attached hydrogens (tertiary/aromatic N) is 1. The minimum atomic E-state index is -0.577. The maximum atomic E-state index is 12.4. The number of carbonyl (C=O) groups excluding carboxylic acids is 2. The molecule has 2 amide bonds. The number of ether oxygens (including phenoxy) is 1. The summed E-state index contributed by atoms with van der Waals surface area (Å²) in [5, 5.41) is 0. The third kappa shape index (κ3) is 3.76. The molecule has 1 saturated heterocycles. The van der Waals surface area contributed by atoms with Crippen LogP contribution < -0.4 is 11.3 Å².